The summed E-state index contributed by atoms with van der Waals surface area (Å²) in [6.07, 6.45) is 1.19. The van der Waals surface area contributed by atoms with Crippen LogP contribution in [0.1, 0.15) is 5.69 Å². The van der Waals surface area contributed by atoms with Crippen LogP contribution in [0, 0.1) is 5.41 Å². The van der Waals surface area contributed by atoms with E-state index in [4.69, 9.17) is 11.1 Å². The minimum absolute atomic E-state index is 0.130. The molecule has 1 saturated heterocycles. The largest absolute Gasteiger partial charge is 0.382 e. The van der Waals surface area contributed by atoms with Crippen molar-refractivity contribution in [2.75, 3.05) is 37.9 Å². The second-order valence-corrected chi connectivity index (χ2v) is 6.12. The van der Waals surface area contributed by atoms with Crippen molar-refractivity contribution in [3.63, 3.8) is 0 Å². The maximum absolute atomic E-state index is 11.4. The van der Waals surface area contributed by atoms with Crippen molar-refractivity contribution >= 4 is 21.7 Å². The van der Waals surface area contributed by atoms with Crippen LogP contribution in [-0.2, 0) is 10.0 Å². The van der Waals surface area contributed by atoms with Crippen molar-refractivity contribution in [2.24, 2.45) is 5.73 Å². The van der Waals surface area contributed by atoms with Crippen molar-refractivity contribution in [2.45, 2.75) is 0 Å². The number of nitrogens with two attached hydrogens (primary N) is 1. The van der Waals surface area contributed by atoms with E-state index in [2.05, 4.69) is 20.4 Å². The van der Waals surface area contributed by atoms with Crippen LogP contribution in [-0.4, -0.2) is 66.3 Å². The lowest BCUT2D eigenvalue weighted by Gasteiger charge is -2.33. The standard InChI is InChI=1S/C8H15N7O3S/c1-19(16,17)15-4-2-14(3-5-15)11-8-6(7(9)10)12-18-13-8/h2-5H2,1H3,(H3,9,10)(H,11,13). The maximum atomic E-state index is 11.4. The Hall–Kier alpha value is -1.72. The smallest absolute Gasteiger partial charge is 0.216 e. The van der Waals surface area contributed by atoms with Gasteiger partial charge in [0.15, 0.2) is 5.69 Å². The molecule has 0 aliphatic carbocycles. The number of sulfonamides is 1. The van der Waals surface area contributed by atoms with Gasteiger partial charge in [-0.25, -0.2) is 18.1 Å². The van der Waals surface area contributed by atoms with E-state index in [-0.39, 0.29) is 17.3 Å². The second kappa shape index (κ2) is 5.11. The van der Waals surface area contributed by atoms with Crippen molar-refractivity contribution in [3.05, 3.63) is 5.69 Å². The van der Waals surface area contributed by atoms with Gasteiger partial charge < -0.3 is 5.73 Å². The highest BCUT2D eigenvalue weighted by Gasteiger charge is 2.24. The summed E-state index contributed by atoms with van der Waals surface area (Å²) < 4.78 is 28.6. The number of amidine groups is 1. The summed E-state index contributed by atoms with van der Waals surface area (Å²) in [4.78, 5) is 0. The highest BCUT2D eigenvalue weighted by Crippen LogP contribution is 2.12. The Kier molecular flexibility index (Phi) is 3.68. The van der Waals surface area contributed by atoms with Gasteiger partial charge in [-0.1, -0.05) is 0 Å². The number of hydrazine groups is 1. The van der Waals surface area contributed by atoms with Gasteiger partial charge in [0, 0.05) is 26.2 Å². The molecule has 2 heterocycles. The average Bonchev–Trinajstić information content (AvgIpc) is 2.77. The summed E-state index contributed by atoms with van der Waals surface area (Å²) >= 11 is 0. The summed E-state index contributed by atoms with van der Waals surface area (Å²) in [6.45, 7) is 1.73. The molecule has 0 atom stereocenters. The Morgan fingerprint density at radius 1 is 1.37 bits per heavy atom. The van der Waals surface area contributed by atoms with Gasteiger partial charge in [0.25, 0.3) is 0 Å². The fraction of sp³-hybridized carbons (Fsp3) is 0.625. The van der Waals surface area contributed by atoms with Gasteiger partial charge in [-0.05, 0) is 10.3 Å². The molecule has 1 aliphatic rings. The topological polar surface area (TPSA) is 141 Å². The molecule has 1 aliphatic heterocycles. The molecule has 1 fully saturated rings. The van der Waals surface area contributed by atoms with E-state index in [1.807, 2.05) is 0 Å². The van der Waals surface area contributed by atoms with Crippen molar-refractivity contribution in [1.82, 2.24) is 19.6 Å². The van der Waals surface area contributed by atoms with E-state index in [9.17, 15) is 8.42 Å². The molecule has 0 aromatic carbocycles. The number of rotatable bonds is 4. The number of anilines is 1. The molecule has 11 heteroatoms. The van der Waals surface area contributed by atoms with Gasteiger partial charge in [0.05, 0.1) is 6.26 Å². The van der Waals surface area contributed by atoms with Crippen LogP contribution in [0.2, 0.25) is 0 Å². The highest BCUT2D eigenvalue weighted by molar-refractivity contribution is 7.88. The van der Waals surface area contributed by atoms with Crippen LogP contribution in [0.5, 0.6) is 0 Å². The lowest BCUT2D eigenvalue weighted by atomic mass is 10.4. The predicted molar refractivity (Wildman–Crippen MR) is 66.9 cm³/mol. The number of hydrogen-bond donors (Lipinski definition) is 3. The van der Waals surface area contributed by atoms with Gasteiger partial charge in [0.1, 0.15) is 5.84 Å². The molecular weight excluding hydrogens is 274 g/mol. The molecule has 0 unspecified atom stereocenters. The Labute approximate surface area is 110 Å². The Morgan fingerprint density at radius 2 is 2.00 bits per heavy atom. The van der Waals surface area contributed by atoms with E-state index >= 15 is 0 Å². The molecule has 0 saturated carbocycles. The summed E-state index contributed by atoms with van der Waals surface area (Å²) in [5, 5.41) is 16.2. The SMILES string of the molecule is CS(=O)(=O)N1CCN(Nc2nonc2C(=N)N)CC1. The average molecular weight is 289 g/mol. The molecule has 0 spiro atoms. The number of nitrogens with one attached hydrogen (secondary N) is 2. The lowest BCUT2D eigenvalue weighted by molar-refractivity contribution is 0.218. The molecule has 1 aromatic heterocycles. The first kappa shape index (κ1) is 13.7. The number of aromatic nitrogens is 2. The van der Waals surface area contributed by atoms with Crippen LogP contribution in [0.3, 0.4) is 0 Å². The highest BCUT2D eigenvalue weighted by atomic mass is 32.2. The third kappa shape index (κ3) is 3.19. The minimum atomic E-state index is -3.15. The number of hydrogen-bond acceptors (Lipinski definition) is 8. The van der Waals surface area contributed by atoms with Gasteiger partial charge in [-0.2, -0.15) is 4.31 Å². The van der Waals surface area contributed by atoms with Gasteiger partial charge in [-0.3, -0.25) is 10.8 Å². The normalized spacial score (nSPS) is 18.4. The maximum Gasteiger partial charge on any atom is 0.216 e. The fourth-order valence-corrected chi connectivity index (χ4v) is 2.55. The second-order valence-electron chi connectivity index (χ2n) is 4.14. The zero-order valence-corrected chi connectivity index (χ0v) is 11.1. The third-order valence-corrected chi connectivity index (χ3v) is 4.02. The summed E-state index contributed by atoms with van der Waals surface area (Å²) in [5.41, 5.74) is 8.35. The van der Waals surface area contributed by atoms with E-state index in [0.717, 1.165) is 0 Å². The first-order chi connectivity index (χ1) is 8.88. The van der Waals surface area contributed by atoms with Crippen molar-refractivity contribution in [3.8, 4) is 0 Å². The van der Waals surface area contributed by atoms with Crippen LogP contribution in [0.15, 0.2) is 4.63 Å². The quantitative estimate of drug-likeness (QED) is 0.438. The summed E-state index contributed by atoms with van der Waals surface area (Å²) in [7, 11) is -3.15. The molecule has 1 aromatic rings. The van der Waals surface area contributed by atoms with E-state index < -0.39 is 10.0 Å². The Balaban J connectivity index is 1.96. The minimum Gasteiger partial charge on any atom is -0.382 e. The molecule has 0 bridgehead atoms. The van der Waals surface area contributed by atoms with Crippen LogP contribution < -0.4 is 11.2 Å². The monoisotopic (exact) mass is 289 g/mol. The molecule has 4 N–H and O–H groups in total. The molecular formula is C8H15N7O3S. The van der Waals surface area contributed by atoms with E-state index in [1.165, 1.54) is 10.6 Å². The third-order valence-electron chi connectivity index (χ3n) is 2.72. The summed E-state index contributed by atoms with van der Waals surface area (Å²) in [5.74, 6) is -0.00109. The first-order valence-corrected chi connectivity index (χ1v) is 7.36. The Bertz CT molecular complexity index is 561. The van der Waals surface area contributed by atoms with Crippen LogP contribution >= 0.6 is 0 Å². The van der Waals surface area contributed by atoms with Gasteiger partial charge in [0.2, 0.25) is 15.8 Å². The molecule has 19 heavy (non-hydrogen) atoms. The van der Waals surface area contributed by atoms with Crippen molar-refractivity contribution < 1.29 is 13.0 Å². The van der Waals surface area contributed by atoms with E-state index in [1.54, 1.807) is 5.01 Å². The van der Waals surface area contributed by atoms with Gasteiger partial charge >= 0.3 is 0 Å². The van der Waals surface area contributed by atoms with Crippen molar-refractivity contribution in [1.29, 1.82) is 5.41 Å². The van der Waals surface area contributed by atoms with E-state index in [0.29, 0.717) is 26.2 Å². The fourth-order valence-electron chi connectivity index (χ4n) is 1.72. The number of nitrogens with zero attached hydrogens (tertiary/aromatic N) is 4. The predicted octanol–water partition coefficient (Wildman–Crippen LogP) is -1.74. The zero-order chi connectivity index (χ0) is 14.0. The lowest BCUT2D eigenvalue weighted by Crippen LogP contribution is -2.50. The molecule has 2 rings (SSSR count). The van der Waals surface area contributed by atoms with Crippen LogP contribution in [0.4, 0.5) is 5.82 Å². The molecule has 0 radical (unpaired) electrons. The number of nitrogen functional groups attached to an aromatic ring is 1. The summed E-state index contributed by atoms with van der Waals surface area (Å²) in [6, 6.07) is 0. The zero-order valence-electron chi connectivity index (χ0n) is 10.3. The molecule has 106 valence electrons. The van der Waals surface area contributed by atoms with Crippen LogP contribution in [0.25, 0.3) is 0 Å². The molecule has 0 amide bonds. The molecule has 10 nitrogen and oxygen atoms in total. The van der Waals surface area contributed by atoms with Gasteiger partial charge in [-0.15, -0.1) is 0 Å². The Morgan fingerprint density at radius 3 is 2.53 bits per heavy atom. The number of piperazine rings is 1. The first-order valence-electron chi connectivity index (χ1n) is 5.51.